The number of carbonyl (C=O) groups excluding carboxylic acids is 2. The van der Waals surface area contributed by atoms with E-state index in [1.54, 1.807) is 4.90 Å². The molecule has 2 aromatic carbocycles. The fourth-order valence-corrected chi connectivity index (χ4v) is 5.20. The van der Waals surface area contributed by atoms with Crippen LogP contribution in [-0.4, -0.2) is 53.2 Å². The van der Waals surface area contributed by atoms with E-state index in [4.69, 9.17) is 4.74 Å². The molecule has 1 aliphatic heterocycles. The number of carboxylic acids is 1. The molecule has 0 bridgehead atoms. The third kappa shape index (κ3) is 4.93. The van der Waals surface area contributed by atoms with Crippen LogP contribution in [0, 0.1) is 5.92 Å². The average molecular weight is 465 g/mol. The summed E-state index contributed by atoms with van der Waals surface area (Å²) >= 11 is 0. The molecule has 3 atom stereocenters. The van der Waals surface area contributed by atoms with Crippen molar-refractivity contribution in [1.82, 2.24) is 10.2 Å². The molecule has 34 heavy (non-hydrogen) atoms. The first-order chi connectivity index (χ1) is 16.4. The highest BCUT2D eigenvalue weighted by molar-refractivity contribution is 5.80. The van der Waals surface area contributed by atoms with Crippen molar-refractivity contribution >= 4 is 18.0 Å². The van der Waals surface area contributed by atoms with Crippen molar-refractivity contribution in [3.63, 3.8) is 0 Å². The van der Waals surface area contributed by atoms with Crippen LogP contribution < -0.4 is 5.32 Å². The van der Waals surface area contributed by atoms with E-state index < -0.39 is 18.0 Å². The Balaban J connectivity index is 1.32. The van der Waals surface area contributed by atoms with Crippen molar-refractivity contribution in [2.45, 2.75) is 57.5 Å². The number of alkyl carbamates (subject to hydrolysis) is 1. The molecule has 1 heterocycles. The van der Waals surface area contributed by atoms with Gasteiger partial charge in [0.25, 0.3) is 0 Å². The molecule has 2 N–H and O–H groups in total. The van der Waals surface area contributed by atoms with Gasteiger partial charge in [-0.25, -0.2) is 4.79 Å². The molecule has 180 valence electrons. The Labute approximate surface area is 200 Å². The zero-order valence-electron chi connectivity index (χ0n) is 19.7. The summed E-state index contributed by atoms with van der Waals surface area (Å²) in [5, 5.41) is 12.1. The van der Waals surface area contributed by atoms with E-state index in [1.807, 2.05) is 38.1 Å². The van der Waals surface area contributed by atoms with E-state index in [9.17, 15) is 19.5 Å². The fraction of sp³-hybridized carbons (Fsp3) is 0.444. The summed E-state index contributed by atoms with van der Waals surface area (Å²) in [6.07, 6.45) is 1.15. The van der Waals surface area contributed by atoms with Crippen molar-refractivity contribution in [3.8, 4) is 11.1 Å². The van der Waals surface area contributed by atoms with Crippen molar-refractivity contribution in [1.29, 1.82) is 0 Å². The van der Waals surface area contributed by atoms with E-state index in [0.717, 1.165) is 11.1 Å². The lowest BCUT2D eigenvalue weighted by Gasteiger charge is -2.37. The number of likely N-dealkylation sites (tertiary alicyclic amines) is 1. The van der Waals surface area contributed by atoms with Crippen LogP contribution in [0.3, 0.4) is 0 Å². The monoisotopic (exact) mass is 464 g/mol. The van der Waals surface area contributed by atoms with Crippen LogP contribution in [0.1, 0.15) is 56.6 Å². The van der Waals surface area contributed by atoms with Gasteiger partial charge in [0.1, 0.15) is 6.61 Å². The topological polar surface area (TPSA) is 95.9 Å². The van der Waals surface area contributed by atoms with Crippen molar-refractivity contribution in [3.05, 3.63) is 59.7 Å². The normalized spacial score (nSPS) is 20.2. The molecule has 2 aliphatic rings. The van der Waals surface area contributed by atoms with Crippen LogP contribution in [-0.2, 0) is 14.3 Å². The fourth-order valence-electron chi connectivity index (χ4n) is 5.20. The molecule has 2 aromatic rings. The zero-order valence-corrected chi connectivity index (χ0v) is 19.7. The lowest BCUT2D eigenvalue weighted by atomic mass is 9.91. The summed E-state index contributed by atoms with van der Waals surface area (Å²) in [4.78, 5) is 38.5. The maximum absolute atomic E-state index is 12.9. The van der Waals surface area contributed by atoms with Crippen molar-refractivity contribution in [2.24, 2.45) is 5.92 Å². The molecule has 1 fully saturated rings. The molecule has 4 rings (SSSR count). The number of benzene rings is 2. The number of ether oxygens (including phenoxy) is 1. The zero-order chi connectivity index (χ0) is 24.2. The number of carbonyl (C=O) groups is 3. The molecule has 1 saturated heterocycles. The first-order valence-corrected chi connectivity index (χ1v) is 12.0. The molecular formula is C27H32N2O5. The van der Waals surface area contributed by atoms with Crippen molar-refractivity contribution < 1.29 is 24.2 Å². The van der Waals surface area contributed by atoms with Gasteiger partial charge in [0.2, 0.25) is 5.91 Å². The van der Waals surface area contributed by atoms with Crippen LogP contribution in [0.5, 0.6) is 0 Å². The Hall–Kier alpha value is -3.35. The number of piperidine rings is 1. The summed E-state index contributed by atoms with van der Waals surface area (Å²) in [6.45, 7) is 4.46. The Bertz CT molecular complexity index is 1020. The van der Waals surface area contributed by atoms with Gasteiger partial charge >= 0.3 is 12.1 Å². The number of fused-ring (bicyclic) bond motifs is 3. The third-order valence-corrected chi connectivity index (χ3v) is 7.13. The second-order valence-corrected chi connectivity index (χ2v) is 9.27. The SMILES string of the molecule is CC[C@H](CC(=O)N1CCC(C(=O)O)CC1C)NC(=O)OCC1c2ccccc2-c2ccccc21. The van der Waals surface area contributed by atoms with E-state index >= 15 is 0 Å². The van der Waals surface area contributed by atoms with Gasteiger partial charge < -0.3 is 20.1 Å². The molecule has 0 aromatic heterocycles. The van der Waals surface area contributed by atoms with E-state index in [0.29, 0.717) is 25.8 Å². The minimum absolute atomic E-state index is 0.0174. The van der Waals surface area contributed by atoms with Gasteiger partial charge in [0, 0.05) is 31.0 Å². The Kier molecular flexibility index (Phi) is 7.20. The number of hydrogen-bond acceptors (Lipinski definition) is 4. The predicted octanol–water partition coefficient (Wildman–Crippen LogP) is 4.41. The molecule has 0 radical (unpaired) electrons. The number of rotatable bonds is 7. The molecule has 0 saturated carbocycles. The predicted molar refractivity (Wildman–Crippen MR) is 128 cm³/mol. The van der Waals surface area contributed by atoms with Crippen LogP contribution >= 0.6 is 0 Å². The van der Waals surface area contributed by atoms with Gasteiger partial charge in [0.05, 0.1) is 5.92 Å². The molecule has 1 aliphatic carbocycles. The molecule has 0 spiro atoms. The lowest BCUT2D eigenvalue weighted by Crippen LogP contribution is -2.48. The maximum atomic E-state index is 12.9. The number of nitrogens with one attached hydrogen (secondary N) is 1. The van der Waals surface area contributed by atoms with Gasteiger partial charge in [-0.3, -0.25) is 9.59 Å². The smallest absolute Gasteiger partial charge is 0.407 e. The van der Waals surface area contributed by atoms with Crippen LogP contribution in [0.2, 0.25) is 0 Å². The molecule has 7 nitrogen and oxygen atoms in total. The summed E-state index contributed by atoms with van der Waals surface area (Å²) < 4.78 is 5.62. The van der Waals surface area contributed by atoms with Gasteiger partial charge in [-0.2, -0.15) is 0 Å². The maximum Gasteiger partial charge on any atom is 0.407 e. The summed E-state index contributed by atoms with van der Waals surface area (Å²) in [7, 11) is 0. The Morgan fingerprint density at radius 1 is 1.09 bits per heavy atom. The minimum Gasteiger partial charge on any atom is -0.481 e. The van der Waals surface area contributed by atoms with Gasteiger partial charge in [-0.15, -0.1) is 0 Å². The number of hydrogen-bond donors (Lipinski definition) is 2. The van der Waals surface area contributed by atoms with Crippen LogP contribution in [0.25, 0.3) is 11.1 Å². The highest BCUT2D eigenvalue weighted by Crippen LogP contribution is 2.44. The Morgan fingerprint density at radius 3 is 2.26 bits per heavy atom. The largest absolute Gasteiger partial charge is 0.481 e. The summed E-state index contributed by atoms with van der Waals surface area (Å²) in [5.74, 6) is -1.29. The van der Waals surface area contributed by atoms with Crippen molar-refractivity contribution in [2.75, 3.05) is 13.2 Å². The minimum atomic E-state index is -0.803. The van der Waals surface area contributed by atoms with Crippen LogP contribution in [0.15, 0.2) is 48.5 Å². The van der Waals surface area contributed by atoms with Crippen LogP contribution in [0.4, 0.5) is 4.79 Å². The highest BCUT2D eigenvalue weighted by Gasteiger charge is 2.33. The molecular weight excluding hydrogens is 432 g/mol. The summed E-state index contributed by atoms with van der Waals surface area (Å²) in [6, 6.07) is 15.9. The van der Waals surface area contributed by atoms with Gasteiger partial charge in [-0.1, -0.05) is 55.5 Å². The molecule has 2 unspecified atom stereocenters. The average Bonchev–Trinajstić information content (AvgIpc) is 3.15. The van der Waals surface area contributed by atoms with E-state index in [-0.39, 0.29) is 36.9 Å². The van der Waals surface area contributed by atoms with Gasteiger partial charge in [0.15, 0.2) is 0 Å². The van der Waals surface area contributed by atoms with E-state index in [1.165, 1.54) is 11.1 Å². The standard InChI is InChI=1S/C27H32N2O5/c1-3-19(15-25(30)29-13-12-18(26(31)32)14-17(29)2)28-27(33)34-16-24-22-10-6-4-8-20(22)21-9-5-7-11-23(21)24/h4-11,17-19,24H,3,12-16H2,1-2H3,(H,28,33)(H,31,32)/t17?,18?,19-/m1/s1. The number of amides is 2. The first kappa shape index (κ1) is 23.8. The summed E-state index contributed by atoms with van der Waals surface area (Å²) in [5.41, 5.74) is 4.64. The first-order valence-electron chi connectivity index (χ1n) is 12.0. The third-order valence-electron chi connectivity index (χ3n) is 7.13. The van der Waals surface area contributed by atoms with E-state index in [2.05, 4.69) is 29.6 Å². The number of aliphatic carboxylic acids is 1. The lowest BCUT2D eigenvalue weighted by molar-refractivity contribution is -0.147. The number of carboxylic acid groups (broad SMARTS) is 1. The molecule has 7 heteroatoms. The quantitative estimate of drug-likeness (QED) is 0.633. The Morgan fingerprint density at radius 2 is 1.71 bits per heavy atom. The molecule has 2 amide bonds. The van der Waals surface area contributed by atoms with Gasteiger partial charge in [-0.05, 0) is 48.4 Å². The number of nitrogens with zero attached hydrogens (tertiary/aromatic N) is 1. The second-order valence-electron chi connectivity index (χ2n) is 9.27. The second kappa shape index (κ2) is 10.3. The highest BCUT2D eigenvalue weighted by atomic mass is 16.5.